The minimum absolute atomic E-state index is 0.211. The van der Waals surface area contributed by atoms with Gasteiger partial charge in [0.25, 0.3) is 0 Å². The number of aromatic nitrogens is 3. The lowest BCUT2D eigenvalue weighted by Crippen LogP contribution is -2.23. The molecule has 1 N–H and O–H groups in total. The third-order valence-corrected chi connectivity index (χ3v) is 3.96. The van der Waals surface area contributed by atoms with Crippen molar-refractivity contribution in [3.63, 3.8) is 0 Å². The lowest BCUT2D eigenvalue weighted by Gasteiger charge is -2.15. The van der Waals surface area contributed by atoms with Gasteiger partial charge in [-0.1, -0.05) is 6.92 Å². The van der Waals surface area contributed by atoms with Crippen molar-refractivity contribution in [2.75, 3.05) is 6.54 Å². The van der Waals surface area contributed by atoms with E-state index in [9.17, 15) is 0 Å². The summed E-state index contributed by atoms with van der Waals surface area (Å²) in [5.74, 6) is 0. The Hall–Kier alpha value is -1.33. The molecule has 0 saturated carbocycles. The van der Waals surface area contributed by atoms with Crippen molar-refractivity contribution in [3.8, 4) is 0 Å². The number of nitrogens with one attached hydrogen (secondary N) is 1. The SMILES string of the molecule is CCNC(Cc1nc(C)c(C)s1)c1ccncn1. The number of hydrogen-bond donors (Lipinski definition) is 1. The molecular formula is C13H18N4S. The van der Waals surface area contributed by atoms with Gasteiger partial charge in [0, 0.05) is 17.5 Å². The van der Waals surface area contributed by atoms with Crippen LogP contribution in [-0.2, 0) is 6.42 Å². The predicted octanol–water partition coefficient (Wildman–Crippen LogP) is 2.44. The van der Waals surface area contributed by atoms with E-state index in [0.717, 1.165) is 29.4 Å². The van der Waals surface area contributed by atoms with E-state index in [1.54, 1.807) is 23.9 Å². The average Bonchev–Trinajstić information content (AvgIpc) is 2.69. The Labute approximate surface area is 112 Å². The summed E-state index contributed by atoms with van der Waals surface area (Å²) in [6, 6.07) is 2.17. The summed E-state index contributed by atoms with van der Waals surface area (Å²) in [5, 5.41) is 4.61. The Balaban J connectivity index is 2.16. The molecule has 0 aliphatic rings. The molecule has 2 rings (SSSR count). The summed E-state index contributed by atoms with van der Waals surface area (Å²) in [6.07, 6.45) is 4.26. The van der Waals surface area contributed by atoms with Crippen molar-refractivity contribution in [2.45, 2.75) is 33.2 Å². The summed E-state index contributed by atoms with van der Waals surface area (Å²) >= 11 is 1.77. The van der Waals surface area contributed by atoms with Gasteiger partial charge in [0.2, 0.25) is 0 Å². The summed E-state index contributed by atoms with van der Waals surface area (Å²) in [5.41, 5.74) is 2.16. The molecule has 96 valence electrons. The second kappa shape index (κ2) is 6.02. The Bertz CT molecular complexity index is 475. The smallest absolute Gasteiger partial charge is 0.115 e. The number of nitrogens with zero attached hydrogens (tertiary/aromatic N) is 3. The Morgan fingerprint density at radius 3 is 2.78 bits per heavy atom. The zero-order chi connectivity index (χ0) is 13.0. The van der Waals surface area contributed by atoms with Crippen LogP contribution >= 0.6 is 11.3 Å². The monoisotopic (exact) mass is 262 g/mol. The first kappa shape index (κ1) is 13.1. The molecule has 0 spiro atoms. The maximum Gasteiger partial charge on any atom is 0.115 e. The van der Waals surface area contributed by atoms with Crippen LogP contribution in [0.25, 0.3) is 0 Å². The molecule has 5 heteroatoms. The molecule has 0 aliphatic carbocycles. The predicted molar refractivity (Wildman–Crippen MR) is 73.7 cm³/mol. The highest BCUT2D eigenvalue weighted by Crippen LogP contribution is 2.22. The molecule has 0 bridgehead atoms. The van der Waals surface area contributed by atoms with Crippen molar-refractivity contribution >= 4 is 11.3 Å². The van der Waals surface area contributed by atoms with Gasteiger partial charge in [0.1, 0.15) is 6.33 Å². The molecule has 1 atom stereocenters. The van der Waals surface area contributed by atoms with Crippen molar-refractivity contribution in [3.05, 3.63) is 39.9 Å². The highest BCUT2D eigenvalue weighted by molar-refractivity contribution is 7.11. The number of thiazole rings is 1. The standard InChI is InChI=1S/C13H18N4S/c1-4-15-12(11-5-6-14-8-16-11)7-13-17-9(2)10(3)18-13/h5-6,8,12,15H,4,7H2,1-3H3. The summed E-state index contributed by atoms with van der Waals surface area (Å²) in [6.45, 7) is 7.19. The van der Waals surface area contributed by atoms with E-state index in [0.29, 0.717) is 0 Å². The number of hydrogen-bond acceptors (Lipinski definition) is 5. The second-order valence-electron chi connectivity index (χ2n) is 4.20. The summed E-state index contributed by atoms with van der Waals surface area (Å²) < 4.78 is 0. The zero-order valence-corrected chi connectivity index (χ0v) is 11.8. The van der Waals surface area contributed by atoms with Crippen LogP contribution in [0.15, 0.2) is 18.6 Å². The quantitative estimate of drug-likeness (QED) is 0.899. The van der Waals surface area contributed by atoms with Crippen LogP contribution in [0.4, 0.5) is 0 Å². The van der Waals surface area contributed by atoms with E-state index in [-0.39, 0.29) is 6.04 Å². The maximum atomic E-state index is 4.59. The molecular weight excluding hydrogens is 244 g/mol. The van der Waals surface area contributed by atoms with Crippen LogP contribution in [-0.4, -0.2) is 21.5 Å². The van der Waals surface area contributed by atoms with Gasteiger partial charge >= 0.3 is 0 Å². The maximum absolute atomic E-state index is 4.59. The fourth-order valence-electron chi connectivity index (χ4n) is 1.84. The zero-order valence-electron chi connectivity index (χ0n) is 11.0. The van der Waals surface area contributed by atoms with Gasteiger partial charge in [-0.3, -0.25) is 0 Å². The highest BCUT2D eigenvalue weighted by Gasteiger charge is 2.15. The fraction of sp³-hybridized carbons (Fsp3) is 0.462. The summed E-state index contributed by atoms with van der Waals surface area (Å²) in [4.78, 5) is 14.2. The average molecular weight is 262 g/mol. The number of likely N-dealkylation sites (N-methyl/N-ethyl adjacent to an activating group) is 1. The van der Waals surface area contributed by atoms with Crippen LogP contribution in [0.2, 0.25) is 0 Å². The van der Waals surface area contributed by atoms with Crippen molar-refractivity contribution in [1.82, 2.24) is 20.3 Å². The molecule has 2 heterocycles. The van der Waals surface area contributed by atoms with E-state index in [1.807, 2.05) is 6.07 Å². The summed E-state index contributed by atoms with van der Waals surface area (Å²) in [7, 11) is 0. The van der Waals surface area contributed by atoms with Crippen molar-refractivity contribution in [1.29, 1.82) is 0 Å². The van der Waals surface area contributed by atoms with Crippen LogP contribution < -0.4 is 5.32 Å². The van der Waals surface area contributed by atoms with E-state index < -0.39 is 0 Å². The third kappa shape index (κ3) is 3.11. The van der Waals surface area contributed by atoms with Gasteiger partial charge in [-0.25, -0.2) is 15.0 Å². The highest BCUT2D eigenvalue weighted by atomic mass is 32.1. The molecule has 0 amide bonds. The first-order chi connectivity index (χ1) is 8.70. The van der Waals surface area contributed by atoms with Crippen molar-refractivity contribution < 1.29 is 0 Å². The second-order valence-corrected chi connectivity index (χ2v) is 5.49. The molecule has 0 aromatic carbocycles. The topological polar surface area (TPSA) is 50.7 Å². The number of rotatable bonds is 5. The first-order valence-electron chi connectivity index (χ1n) is 6.13. The van der Waals surface area contributed by atoms with Gasteiger partial charge in [0.15, 0.2) is 0 Å². The molecule has 2 aromatic rings. The van der Waals surface area contributed by atoms with E-state index in [4.69, 9.17) is 0 Å². The van der Waals surface area contributed by atoms with E-state index >= 15 is 0 Å². The lowest BCUT2D eigenvalue weighted by atomic mass is 10.1. The first-order valence-corrected chi connectivity index (χ1v) is 6.94. The minimum atomic E-state index is 0.211. The van der Waals surface area contributed by atoms with Gasteiger partial charge < -0.3 is 5.32 Å². The van der Waals surface area contributed by atoms with Crippen LogP contribution in [0.5, 0.6) is 0 Å². The Morgan fingerprint density at radius 2 is 2.22 bits per heavy atom. The van der Waals surface area contributed by atoms with Crippen LogP contribution in [0, 0.1) is 13.8 Å². The Kier molecular flexibility index (Phi) is 4.38. The van der Waals surface area contributed by atoms with Gasteiger partial charge in [-0.15, -0.1) is 11.3 Å². The third-order valence-electron chi connectivity index (χ3n) is 2.86. The molecule has 2 aromatic heterocycles. The molecule has 0 radical (unpaired) electrons. The van der Waals surface area contributed by atoms with E-state index in [1.165, 1.54) is 4.88 Å². The largest absolute Gasteiger partial charge is 0.309 e. The van der Waals surface area contributed by atoms with Crippen molar-refractivity contribution in [2.24, 2.45) is 0 Å². The molecule has 4 nitrogen and oxygen atoms in total. The molecule has 0 fully saturated rings. The van der Waals surface area contributed by atoms with Crippen LogP contribution in [0.1, 0.15) is 34.2 Å². The van der Waals surface area contributed by atoms with Gasteiger partial charge in [-0.2, -0.15) is 0 Å². The molecule has 0 saturated heterocycles. The van der Waals surface area contributed by atoms with Gasteiger partial charge in [0.05, 0.1) is 22.4 Å². The molecule has 1 unspecified atom stereocenters. The Morgan fingerprint density at radius 1 is 1.39 bits per heavy atom. The minimum Gasteiger partial charge on any atom is -0.309 e. The molecule has 0 aliphatic heterocycles. The lowest BCUT2D eigenvalue weighted by molar-refractivity contribution is 0.534. The number of aryl methyl sites for hydroxylation is 2. The molecule has 18 heavy (non-hydrogen) atoms. The van der Waals surface area contributed by atoms with Crippen LogP contribution in [0.3, 0.4) is 0 Å². The fourth-order valence-corrected chi connectivity index (χ4v) is 2.82. The van der Waals surface area contributed by atoms with Gasteiger partial charge in [-0.05, 0) is 26.5 Å². The van der Waals surface area contributed by atoms with E-state index in [2.05, 4.69) is 41.0 Å². The normalized spacial score (nSPS) is 12.6.